The molecule has 0 aliphatic heterocycles. The van der Waals surface area contributed by atoms with E-state index >= 15 is 0 Å². The predicted molar refractivity (Wildman–Crippen MR) is 124 cm³/mol. The zero-order valence-electron chi connectivity index (χ0n) is 18.7. The van der Waals surface area contributed by atoms with Gasteiger partial charge in [-0.2, -0.15) is 0 Å². The summed E-state index contributed by atoms with van der Waals surface area (Å²) in [4.78, 5) is 28.0. The van der Waals surface area contributed by atoms with Gasteiger partial charge in [0.15, 0.2) is 0 Å². The molecule has 2 rings (SSSR count). The summed E-state index contributed by atoms with van der Waals surface area (Å²) < 4.78 is 0. The summed E-state index contributed by atoms with van der Waals surface area (Å²) in [5, 5.41) is 3.63. The Bertz CT molecular complexity index is 881. The second-order valence-corrected chi connectivity index (χ2v) is 8.36. The van der Waals surface area contributed by atoms with Crippen molar-refractivity contribution < 1.29 is 9.59 Å². The lowest BCUT2D eigenvalue weighted by Crippen LogP contribution is -2.51. The number of benzene rings is 2. The highest BCUT2D eigenvalue weighted by atomic mass is 35.5. The molecule has 0 aliphatic rings. The minimum atomic E-state index is -0.547. The molecule has 2 atom stereocenters. The normalized spacial score (nSPS) is 12.9. The van der Waals surface area contributed by atoms with Crippen molar-refractivity contribution in [2.75, 3.05) is 0 Å². The van der Waals surface area contributed by atoms with Gasteiger partial charge in [0.25, 0.3) is 0 Å². The third-order valence-corrected chi connectivity index (χ3v) is 5.98. The summed E-state index contributed by atoms with van der Waals surface area (Å²) in [6.45, 7) is 10.3. The van der Waals surface area contributed by atoms with E-state index in [9.17, 15) is 9.59 Å². The van der Waals surface area contributed by atoms with Crippen LogP contribution in [-0.2, 0) is 22.6 Å². The number of amides is 2. The molecule has 2 aromatic carbocycles. The highest BCUT2D eigenvalue weighted by molar-refractivity contribution is 6.31. The number of carbonyl (C=O) groups is 2. The molecule has 4 nitrogen and oxygen atoms in total. The highest BCUT2D eigenvalue weighted by Gasteiger charge is 2.29. The average molecular weight is 429 g/mol. The van der Waals surface area contributed by atoms with E-state index in [1.54, 1.807) is 4.90 Å². The number of halogens is 1. The summed E-state index contributed by atoms with van der Waals surface area (Å²) in [6, 6.07) is 13.0. The van der Waals surface area contributed by atoms with Gasteiger partial charge in [0.05, 0.1) is 6.42 Å². The van der Waals surface area contributed by atoms with Crippen molar-refractivity contribution in [2.24, 2.45) is 0 Å². The van der Waals surface area contributed by atoms with E-state index in [2.05, 4.69) is 12.2 Å². The molecule has 0 aromatic heterocycles. The number of carbonyl (C=O) groups excluding carboxylic acids is 2. The molecule has 1 N–H and O–H groups in total. The predicted octanol–water partition coefficient (Wildman–Crippen LogP) is 5.22. The van der Waals surface area contributed by atoms with Crippen LogP contribution in [0.4, 0.5) is 0 Å². The first-order valence-corrected chi connectivity index (χ1v) is 11.0. The summed E-state index contributed by atoms with van der Waals surface area (Å²) in [5.41, 5.74) is 4.13. The van der Waals surface area contributed by atoms with Crippen molar-refractivity contribution in [3.05, 3.63) is 69.7 Å². The Labute approximate surface area is 185 Å². The molecule has 0 heterocycles. The smallest absolute Gasteiger partial charge is 0.243 e. The van der Waals surface area contributed by atoms with Crippen molar-refractivity contribution in [3.8, 4) is 0 Å². The maximum atomic E-state index is 13.4. The van der Waals surface area contributed by atoms with Crippen molar-refractivity contribution in [1.82, 2.24) is 10.2 Å². The molecule has 0 saturated heterocycles. The van der Waals surface area contributed by atoms with E-state index in [0.717, 1.165) is 23.1 Å². The van der Waals surface area contributed by atoms with Crippen LogP contribution in [0.3, 0.4) is 0 Å². The molecule has 0 bridgehead atoms. The van der Waals surface area contributed by atoms with E-state index < -0.39 is 6.04 Å². The van der Waals surface area contributed by atoms with Crippen LogP contribution in [-0.4, -0.2) is 28.8 Å². The first-order valence-electron chi connectivity index (χ1n) is 10.7. The number of nitrogens with zero attached hydrogens (tertiary/aromatic N) is 1. The zero-order chi connectivity index (χ0) is 22.3. The number of nitrogens with one attached hydrogen (secondary N) is 1. The fourth-order valence-electron chi connectivity index (χ4n) is 3.36. The van der Waals surface area contributed by atoms with E-state index in [4.69, 9.17) is 11.6 Å². The highest BCUT2D eigenvalue weighted by Crippen LogP contribution is 2.21. The molecule has 0 aliphatic carbocycles. The number of rotatable bonds is 9. The summed E-state index contributed by atoms with van der Waals surface area (Å²) in [7, 11) is 0. The van der Waals surface area contributed by atoms with E-state index in [-0.39, 0.29) is 24.3 Å². The molecule has 0 spiro atoms. The van der Waals surface area contributed by atoms with Gasteiger partial charge >= 0.3 is 0 Å². The van der Waals surface area contributed by atoms with Gasteiger partial charge in [-0.05, 0) is 61.9 Å². The van der Waals surface area contributed by atoms with E-state index in [1.807, 2.05) is 70.2 Å². The Morgan fingerprint density at radius 3 is 2.33 bits per heavy atom. The third-order valence-electron chi connectivity index (χ3n) is 5.61. The minimum absolute atomic E-state index is 0.0589. The monoisotopic (exact) mass is 428 g/mol. The van der Waals surface area contributed by atoms with Crippen LogP contribution in [0.15, 0.2) is 42.5 Å². The zero-order valence-corrected chi connectivity index (χ0v) is 19.4. The van der Waals surface area contributed by atoms with Gasteiger partial charge in [-0.25, -0.2) is 0 Å². The Morgan fingerprint density at radius 2 is 1.73 bits per heavy atom. The topological polar surface area (TPSA) is 49.4 Å². The standard InChI is InChI=1S/C25H33ClN2O2/c1-6-19(5)27-25(30)23(7-2)28(16-21-10-8-9-11-22(21)26)24(29)15-20-13-12-17(3)18(4)14-20/h8-14,19,23H,6-7,15-16H2,1-5H3,(H,27,30)/t19-,23-/m0/s1. The van der Waals surface area contributed by atoms with Gasteiger partial charge in [-0.1, -0.05) is 61.8 Å². The molecule has 2 amide bonds. The Balaban J connectivity index is 2.33. The second-order valence-electron chi connectivity index (χ2n) is 7.95. The molecule has 0 fully saturated rings. The van der Waals surface area contributed by atoms with Gasteiger partial charge < -0.3 is 10.2 Å². The van der Waals surface area contributed by atoms with E-state index in [0.29, 0.717) is 18.0 Å². The molecule has 5 heteroatoms. The number of hydrogen-bond donors (Lipinski definition) is 1. The average Bonchev–Trinajstić information content (AvgIpc) is 2.71. The number of hydrogen-bond acceptors (Lipinski definition) is 2. The van der Waals surface area contributed by atoms with Gasteiger partial charge in [0, 0.05) is 17.6 Å². The van der Waals surface area contributed by atoms with Crippen LogP contribution in [0.2, 0.25) is 5.02 Å². The first-order chi connectivity index (χ1) is 14.3. The maximum absolute atomic E-state index is 13.4. The van der Waals surface area contributed by atoms with Crippen molar-refractivity contribution >= 4 is 23.4 Å². The molecule has 162 valence electrons. The molecular weight excluding hydrogens is 396 g/mol. The van der Waals surface area contributed by atoms with Crippen LogP contribution in [0.5, 0.6) is 0 Å². The largest absolute Gasteiger partial charge is 0.352 e. The van der Waals surface area contributed by atoms with Crippen LogP contribution in [0, 0.1) is 13.8 Å². The van der Waals surface area contributed by atoms with E-state index in [1.165, 1.54) is 5.56 Å². The summed E-state index contributed by atoms with van der Waals surface area (Å²) in [6.07, 6.45) is 1.62. The van der Waals surface area contributed by atoms with Gasteiger partial charge in [-0.15, -0.1) is 0 Å². The quantitative estimate of drug-likeness (QED) is 0.595. The lowest BCUT2D eigenvalue weighted by molar-refractivity contribution is -0.141. The molecular formula is C25H33ClN2O2. The van der Waals surface area contributed by atoms with Crippen LogP contribution >= 0.6 is 11.6 Å². The second kappa shape index (κ2) is 11.2. The molecule has 30 heavy (non-hydrogen) atoms. The fraction of sp³-hybridized carbons (Fsp3) is 0.440. The molecule has 0 radical (unpaired) electrons. The van der Waals surface area contributed by atoms with Gasteiger partial charge in [0.2, 0.25) is 11.8 Å². The number of aryl methyl sites for hydroxylation is 2. The summed E-state index contributed by atoms with van der Waals surface area (Å²) >= 11 is 6.37. The minimum Gasteiger partial charge on any atom is -0.352 e. The van der Waals surface area contributed by atoms with Crippen molar-refractivity contribution in [3.63, 3.8) is 0 Å². The molecule has 2 aromatic rings. The lowest BCUT2D eigenvalue weighted by Gasteiger charge is -2.32. The Morgan fingerprint density at radius 1 is 1.03 bits per heavy atom. The lowest BCUT2D eigenvalue weighted by atomic mass is 10.0. The molecule has 0 unspecified atom stereocenters. The Hall–Kier alpha value is -2.33. The van der Waals surface area contributed by atoms with Gasteiger partial charge in [-0.3, -0.25) is 9.59 Å². The summed E-state index contributed by atoms with van der Waals surface area (Å²) in [5.74, 6) is -0.198. The Kier molecular flexibility index (Phi) is 8.91. The first kappa shape index (κ1) is 23.9. The van der Waals surface area contributed by atoms with Crippen molar-refractivity contribution in [1.29, 1.82) is 0 Å². The van der Waals surface area contributed by atoms with Crippen LogP contribution in [0.25, 0.3) is 0 Å². The maximum Gasteiger partial charge on any atom is 0.243 e. The van der Waals surface area contributed by atoms with Crippen molar-refractivity contribution in [2.45, 2.75) is 72.5 Å². The fourth-order valence-corrected chi connectivity index (χ4v) is 3.56. The van der Waals surface area contributed by atoms with Crippen LogP contribution in [0.1, 0.15) is 55.9 Å². The van der Waals surface area contributed by atoms with Crippen LogP contribution < -0.4 is 5.32 Å². The van der Waals surface area contributed by atoms with Gasteiger partial charge in [0.1, 0.15) is 6.04 Å². The molecule has 0 saturated carbocycles. The SMILES string of the molecule is CC[C@H](C)NC(=O)[C@H](CC)N(Cc1ccccc1Cl)C(=O)Cc1ccc(C)c(C)c1. The third kappa shape index (κ3) is 6.33.